The number of hydrogen-bond acceptors (Lipinski definition) is 5. The van der Waals surface area contributed by atoms with E-state index in [1.165, 1.54) is 6.92 Å². The average Bonchev–Trinajstić information content (AvgIpc) is 2.81. The number of carbonyl (C=O) groups is 3. The molecule has 170 valence electrons. The number of likely N-dealkylation sites (tertiary alicyclic amines) is 1. The van der Waals surface area contributed by atoms with Gasteiger partial charge in [-0.1, -0.05) is 31.2 Å². The summed E-state index contributed by atoms with van der Waals surface area (Å²) in [5.74, 6) is 0.788. The Morgan fingerprint density at radius 3 is 2.53 bits per heavy atom. The number of benzene rings is 2. The van der Waals surface area contributed by atoms with Gasteiger partial charge in [0.25, 0.3) is 11.8 Å². The number of ether oxygens (including phenoxy) is 2. The van der Waals surface area contributed by atoms with Gasteiger partial charge in [-0.3, -0.25) is 14.4 Å². The zero-order valence-corrected chi connectivity index (χ0v) is 18.6. The van der Waals surface area contributed by atoms with Gasteiger partial charge in [0.2, 0.25) is 0 Å². The highest BCUT2D eigenvalue weighted by atomic mass is 16.5. The van der Waals surface area contributed by atoms with Crippen molar-refractivity contribution in [3.63, 3.8) is 0 Å². The van der Waals surface area contributed by atoms with Gasteiger partial charge in [0.1, 0.15) is 11.5 Å². The molecule has 0 unspecified atom stereocenters. The Morgan fingerprint density at radius 1 is 1.06 bits per heavy atom. The third-order valence-electron chi connectivity index (χ3n) is 5.54. The van der Waals surface area contributed by atoms with Crippen molar-refractivity contribution in [3.8, 4) is 11.5 Å². The molecule has 7 heteroatoms. The standard InChI is InChI=1S/C25H30N2O5/c1-3-20-7-4-5-10-23(20)31-17-24(29)26-16-19-11-13-27(14-12-19)25(30)21-8-6-9-22(15-21)32-18(2)28/h4-10,15,19H,3,11-14,16-17H2,1-2H3,(H,26,29). The summed E-state index contributed by atoms with van der Waals surface area (Å²) < 4.78 is 10.7. The van der Waals surface area contributed by atoms with Gasteiger partial charge in [0.15, 0.2) is 6.61 Å². The number of piperidine rings is 1. The summed E-state index contributed by atoms with van der Waals surface area (Å²) in [4.78, 5) is 37.9. The molecule has 0 atom stereocenters. The van der Waals surface area contributed by atoms with Crippen molar-refractivity contribution >= 4 is 17.8 Å². The molecular formula is C25H30N2O5. The molecule has 0 radical (unpaired) electrons. The van der Waals surface area contributed by atoms with E-state index in [1.54, 1.807) is 29.2 Å². The van der Waals surface area contributed by atoms with Crippen LogP contribution in [0.4, 0.5) is 0 Å². The molecule has 0 aromatic heterocycles. The Labute approximate surface area is 188 Å². The first-order chi connectivity index (χ1) is 15.5. The zero-order valence-electron chi connectivity index (χ0n) is 18.6. The number of esters is 1. The van der Waals surface area contributed by atoms with Gasteiger partial charge >= 0.3 is 5.97 Å². The lowest BCUT2D eigenvalue weighted by Crippen LogP contribution is -2.42. The van der Waals surface area contributed by atoms with E-state index < -0.39 is 5.97 Å². The molecule has 3 rings (SSSR count). The molecule has 0 bridgehead atoms. The fourth-order valence-corrected chi connectivity index (χ4v) is 3.77. The van der Waals surface area contributed by atoms with E-state index >= 15 is 0 Å². The predicted molar refractivity (Wildman–Crippen MR) is 121 cm³/mol. The molecular weight excluding hydrogens is 408 g/mol. The highest BCUT2D eigenvalue weighted by molar-refractivity contribution is 5.94. The molecule has 0 aliphatic carbocycles. The van der Waals surface area contributed by atoms with Crippen molar-refractivity contribution < 1.29 is 23.9 Å². The SMILES string of the molecule is CCc1ccccc1OCC(=O)NCC1CCN(C(=O)c2cccc(OC(C)=O)c2)CC1. The molecule has 0 spiro atoms. The van der Waals surface area contributed by atoms with Crippen LogP contribution in [0.2, 0.25) is 0 Å². The van der Waals surface area contributed by atoms with Crippen LogP contribution in [0.25, 0.3) is 0 Å². The Kier molecular flexibility index (Phi) is 8.25. The molecule has 32 heavy (non-hydrogen) atoms. The fraction of sp³-hybridized carbons (Fsp3) is 0.400. The summed E-state index contributed by atoms with van der Waals surface area (Å²) >= 11 is 0. The van der Waals surface area contributed by atoms with Gasteiger partial charge < -0.3 is 19.7 Å². The minimum absolute atomic E-state index is 0.00693. The second kappa shape index (κ2) is 11.3. The minimum atomic E-state index is -0.419. The molecule has 1 saturated heterocycles. The van der Waals surface area contributed by atoms with E-state index in [9.17, 15) is 14.4 Å². The van der Waals surface area contributed by atoms with Gasteiger partial charge in [-0.05, 0) is 55.0 Å². The minimum Gasteiger partial charge on any atom is -0.483 e. The van der Waals surface area contributed by atoms with Crippen LogP contribution in [-0.2, 0) is 16.0 Å². The van der Waals surface area contributed by atoms with Crippen LogP contribution in [-0.4, -0.2) is 48.9 Å². The fourth-order valence-electron chi connectivity index (χ4n) is 3.77. The number of aryl methyl sites for hydroxylation is 1. The van der Waals surface area contributed by atoms with E-state index in [2.05, 4.69) is 12.2 Å². The lowest BCUT2D eigenvalue weighted by atomic mass is 9.96. The molecule has 2 amide bonds. The van der Waals surface area contributed by atoms with Crippen molar-refractivity contribution in [2.24, 2.45) is 5.92 Å². The lowest BCUT2D eigenvalue weighted by molar-refractivity contribution is -0.131. The van der Waals surface area contributed by atoms with Gasteiger partial charge in [-0.2, -0.15) is 0 Å². The molecule has 1 aliphatic rings. The van der Waals surface area contributed by atoms with Gasteiger partial charge in [-0.25, -0.2) is 0 Å². The molecule has 1 fully saturated rings. The van der Waals surface area contributed by atoms with Crippen molar-refractivity contribution in [3.05, 3.63) is 59.7 Å². The number of nitrogens with zero attached hydrogens (tertiary/aromatic N) is 1. The van der Waals surface area contributed by atoms with Crippen LogP contribution in [0, 0.1) is 5.92 Å². The van der Waals surface area contributed by atoms with E-state index in [1.807, 2.05) is 24.3 Å². The second-order valence-corrected chi connectivity index (χ2v) is 7.91. The molecule has 2 aromatic carbocycles. The average molecular weight is 439 g/mol. The predicted octanol–water partition coefficient (Wildman–Crippen LogP) is 3.22. The van der Waals surface area contributed by atoms with E-state index in [-0.39, 0.29) is 18.4 Å². The molecule has 7 nitrogen and oxygen atoms in total. The Balaban J connectivity index is 1.41. The highest BCUT2D eigenvalue weighted by Crippen LogP contribution is 2.21. The Bertz CT molecular complexity index is 951. The lowest BCUT2D eigenvalue weighted by Gasteiger charge is -2.32. The molecule has 1 aliphatic heterocycles. The smallest absolute Gasteiger partial charge is 0.308 e. The summed E-state index contributed by atoms with van der Waals surface area (Å²) in [6.07, 6.45) is 2.48. The topological polar surface area (TPSA) is 84.9 Å². The van der Waals surface area contributed by atoms with Gasteiger partial charge in [0.05, 0.1) is 0 Å². The number of hydrogen-bond donors (Lipinski definition) is 1. The summed E-state index contributed by atoms with van der Waals surface area (Å²) in [5, 5.41) is 2.95. The number of rotatable bonds is 8. The molecule has 1 N–H and O–H groups in total. The first kappa shape index (κ1) is 23.3. The number of para-hydroxylation sites is 1. The number of amides is 2. The second-order valence-electron chi connectivity index (χ2n) is 7.91. The first-order valence-corrected chi connectivity index (χ1v) is 11.0. The largest absolute Gasteiger partial charge is 0.483 e. The van der Waals surface area contributed by atoms with Crippen molar-refractivity contribution in [2.45, 2.75) is 33.1 Å². The maximum Gasteiger partial charge on any atom is 0.308 e. The van der Waals surface area contributed by atoms with Crippen molar-refractivity contribution in [2.75, 3.05) is 26.2 Å². The summed E-state index contributed by atoms with van der Waals surface area (Å²) in [6, 6.07) is 14.4. The summed E-state index contributed by atoms with van der Waals surface area (Å²) in [6.45, 7) is 5.19. The number of carbonyl (C=O) groups excluding carboxylic acids is 3. The quantitative estimate of drug-likeness (QED) is 0.505. The van der Waals surface area contributed by atoms with Crippen molar-refractivity contribution in [1.29, 1.82) is 0 Å². The summed E-state index contributed by atoms with van der Waals surface area (Å²) in [7, 11) is 0. The van der Waals surface area contributed by atoms with Crippen molar-refractivity contribution in [1.82, 2.24) is 10.2 Å². The van der Waals surface area contributed by atoms with Crippen LogP contribution in [0.3, 0.4) is 0 Å². The third-order valence-corrected chi connectivity index (χ3v) is 5.54. The first-order valence-electron chi connectivity index (χ1n) is 11.0. The van der Waals surface area contributed by atoms with Crippen LogP contribution < -0.4 is 14.8 Å². The van der Waals surface area contributed by atoms with Gasteiger partial charge in [0, 0.05) is 32.1 Å². The normalized spacial score (nSPS) is 14.0. The van der Waals surface area contributed by atoms with Crippen LogP contribution in [0.15, 0.2) is 48.5 Å². The van der Waals surface area contributed by atoms with E-state index in [4.69, 9.17) is 9.47 Å². The Morgan fingerprint density at radius 2 is 1.81 bits per heavy atom. The number of nitrogens with one attached hydrogen (secondary N) is 1. The maximum absolute atomic E-state index is 12.8. The van der Waals surface area contributed by atoms with Crippen LogP contribution >= 0.6 is 0 Å². The monoisotopic (exact) mass is 438 g/mol. The zero-order chi connectivity index (χ0) is 22.9. The maximum atomic E-state index is 12.8. The summed E-state index contributed by atoms with van der Waals surface area (Å²) in [5.41, 5.74) is 1.58. The van der Waals surface area contributed by atoms with E-state index in [0.29, 0.717) is 36.9 Å². The van der Waals surface area contributed by atoms with E-state index in [0.717, 1.165) is 30.6 Å². The van der Waals surface area contributed by atoms with Crippen LogP contribution in [0.1, 0.15) is 42.6 Å². The van der Waals surface area contributed by atoms with Gasteiger partial charge in [-0.15, -0.1) is 0 Å². The molecule has 1 heterocycles. The Hall–Kier alpha value is -3.35. The highest BCUT2D eigenvalue weighted by Gasteiger charge is 2.24. The molecule has 2 aromatic rings. The molecule has 0 saturated carbocycles. The third kappa shape index (κ3) is 6.57. The van der Waals surface area contributed by atoms with Crippen LogP contribution in [0.5, 0.6) is 11.5 Å².